The van der Waals surface area contributed by atoms with Crippen LogP contribution in [-0.2, 0) is 0 Å². The van der Waals surface area contributed by atoms with Crippen molar-refractivity contribution < 1.29 is 8.78 Å². The van der Waals surface area contributed by atoms with Crippen molar-refractivity contribution in [3.63, 3.8) is 0 Å². The van der Waals surface area contributed by atoms with Crippen molar-refractivity contribution in [2.24, 2.45) is 5.73 Å². The molecule has 0 aromatic rings. The number of nitrogens with two attached hydrogens (primary N) is 1. The zero-order chi connectivity index (χ0) is 8.54. The lowest BCUT2D eigenvalue weighted by atomic mass is 9.79. The third-order valence-electron chi connectivity index (χ3n) is 2.68. The van der Waals surface area contributed by atoms with E-state index in [0.29, 0.717) is 12.8 Å². The van der Waals surface area contributed by atoms with Gasteiger partial charge in [0.25, 0.3) is 0 Å². The number of rotatable bonds is 1. The first-order valence-electron chi connectivity index (χ1n) is 4.14. The van der Waals surface area contributed by atoms with E-state index in [1.807, 2.05) is 6.92 Å². The van der Waals surface area contributed by atoms with Crippen molar-refractivity contribution in [3.05, 3.63) is 0 Å². The van der Waals surface area contributed by atoms with Crippen LogP contribution in [0.3, 0.4) is 0 Å². The summed E-state index contributed by atoms with van der Waals surface area (Å²) in [4.78, 5) is 0. The second kappa shape index (κ2) is 2.70. The molecule has 2 N–H and O–H groups in total. The fourth-order valence-corrected chi connectivity index (χ4v) is 1.47. The first kappa shape index (κ1) is 8.91. The molecule has 1 aliphatic carbocycles. The first-order valence-corrected chi connectivity index (χ1v) is 4.14. The third kappa shape index (κ3) is 2.12. The van der Waals surface area contributed by atoms with Crippen molar-refractivity contribution in [1.82, 2.24) is 0 Å². The molecule has 0 aliphatic heterocycles. The van der Waals surface area contributed by atoms with E-state index in [1.54, 1.807) is 0 Å². The van der Waals surface area contributed by atoms with Gasteiger partial charge in [-0.25, -0.2) is 8.78 Å². The van der Waals surface area contributed by atoms with Gasteiger partial charge in [0, 0.05) is 18.4 Å². The summed E-state index contributed by atoms with van der Waals surface area (Å²) in [5, 5.41) is 0. The van der Waals surface area contributed by atoms with Crippen LogP contribution in [0.4, 0.5) is 8.78 Å². The monoisotopic (exact) mass is 163 g/mol. The molecule has 0 saturated heterocycles. The van der Waals surface area contributed by atoms with Crippen LogP contribution >= 0.6 is 0 Å². The lowest BCUT2D eigenvalue weighted by molar-refractivity contribution is -0.0509. The van der Waals surface area contributed by atoms with Crippen molar-refractivity contribution in [1.29, 1.82) is 0 Å². The average molecular weight is 163 g/mol. The molecule has 0 aromatic heterocycles. The molecule has 0 aromatic carbocycles. The van der Waals surface area contributed by atoms with Crippen LogP contribution in [0.2, 0.25) is 0 Å². The summed E-state index contributed by atoms with van der Waals surface area (Å²) in [5.41, 5.74) is 5.54. The minimum atomic E-state index is -2.45. The Kier molecular flexibility index (Phi) is 2.19. The van der Waals surface area contributed by atoms with E-state index in [9.17, 15) is 8.78 Å². The Morgan fingerprint density at radius 2 is 1.64 bits per heavy atom. The Labute approximate surface area is 66.0 Å². The molecule has 1 nitrogen and oxygen atoms in total. The van der Waals surface area contributed by atoms with Gasteiger partial charge >= 0.3 is 0 Å². The molecule has 0 atom stereocenters. The molecular formula is C8H15F2N. The highest BCUT2D eigenvalue weighted by Gasteiger charge is 2.39. The number of halogens is 2. The van der Waals surface area contributed by atoms with Crippen LogP contribution in [-0.4, -0.2) is 11.5 Å². The number of hydrogen-bond donors (Lipinski definition) is 1. The quantitative estimate of drug-likeness (QED) is 0.630. The second-order valence-corrected chi connectivity index (χ2v) is 3.57. The molecule has 1 saturated carbocycles. The summed E-state index contributed by atoms with van der Waals surface area (Å²) in [6.45, 7) is 1.96. The van der Waals surface area contributed by atoms with Crippen LogP contribution in [0.5, 0.6) is 0 Å². The smallest absolute Gasteiger partial charge is 0.248 e. The predicted molar refractivity (Wildman–Crippen MR) is 40.6 cm³/mol. The highest BCUT2D eigenvalue weighted by molar-refractivity contribution is 4.91. The minimum absolute atomic E-state index is 0.0304. The van der Waals surface area contributed by atoms with Gasteiger partial charge in [-0.15, -0.1) is 0 Å². The summed E-state index contributed by atoms with van der Waals surface area (Å²) >= 11 is 0. The molecule has 66 valence electrons. The maximum Gasteiger partial charge on any atom is 0.248 e. The third-order valence-corrected chi connectivity index (χ3v) is 2.68. The Morgan fingerprint density at radius 1 is 1.18 bits per heavy atom. The van der Waals surface area contributed by atoms with E-state index >= 15 is 0 Å². The highest BCUT2D eigenvalue weighted by atomic mass is 19.3. The van der Waals surface area contributed by atoms with Crippen molar-refractivity contribution in [2.75, 3.05) is 0 Å². The van der Waals surface area contributed by atoms with Gasteiger partial charge in [0.2, 0.25) is 5.92 Å². The lowest BCUT2D eigenvalue weighted by Gasteiger charge is -2.36. The molecule has 0 heterocycles. The number of alkyl halides is 2. The predicted octanol–water partition coefficient (Wildman–Crippen LogP) is 2.30. The van der Waals surface area contributed by atoms with Crippen LogP contribution in [0, 0.1) is 0 Å². The van der Waals surface area contributed by atoms with E-state index < -0.39 is 5.92 Å². The van der Waals surface area contributed by atoms with Crippen molar-refractivity contribution in [3.8, 4) is 0 Å². The van der Waals surface area contributed by atoms with E-state index in [1.165, 1.54) is 0 Å². The normalized spacial score (nSPS) is 28.4. The summed E-state index contributed by atoms with van der Waals surface area (Å²) in [7, 11) is 0. The topological polar surface area (TPSA) is 26.0 Å². The van der Waals surface area contributed by atoms with Gasteiger partial charge in [0.1, 0.15) is 0 Å². The average Bonchev–Trinajstić information content (AvgIpc) is 1.97. The van der Waals surface area contributed by atoms with Gasteiger partial charge < -0.3 is 5.73 Å². The Balaban J connectivity index is 2.48. The molecule has 0 bridgehead atoms. The fraction of sp³-hybridized carbons (Fsp3) is 1.00. The molecular weight excluding hydrogens is 148 g/mol. The van der Waals surface area contributed by atoms with Crippen LogP contribution in [0.1, 0.15) is 39.0 Å². The Bertz CT molecular complexity index is 135. The van der Waals surface area contributed by atoms with E-state index in [-0.39, 0.29) is 18.4 Å². The van der Waals surface area contributed by atoms with Crippen molar-refractivity contribution in [2.45, 2.75) is 50.5 Å². The van der Waals surface area contributed by atoms with Gasteiger partial charge in [-0.2, -0.15) is 0 Å². The van der Waals surface area contributed by atoms with Crippen LogP contribution in [0.15, 0.2) is 0 Å². The van der Waals surface area contributed by atoms with E-state index in [4.69, 9.17) is 5.73 Å². The molecule has 1 aliphatic rings. The summed E-state index contributed by atoms with van der Waals surface area (Å²) < 4.78 is 25.3. The fourth-order valence-electron chi connectivity index (χ4n) is 1.47. The molecule has 0 unspecified atom stereocenters. The second-order valence-electron chi connectivity index (χ2n) is 3.57. The molecule has 1 rings (SSSR count). The highest BCUT2D eigenvalue weighted by Crippen LogP contribution is 2.38. The Hall–Kier alpha value is -0.180. The summed E-state index contributed by atoms with van der Waals surface area (Å²) in [6, 6.07) is 0. The van der Waals surface area contributed by atoms with E-state index in [2.05, 4.69) is 0 Å². The van der Waals surface area contributed by atoms with E-state index in [0.717, 1.165) is 6.42 Å². The summed E-state index contributed by atoms with van der Waals surface area (Å²) in [5.74, 6) is -2.45. The van der Waals surface area contributed by atoms with Crippen LogP contribution < -0.4 is 5.73 Å². The maximum atomic E-state index is 12.6. The van der Waals surface area contributed by atoms with Gasteiger partial charge in [-0.05, 0) is 19.3 Å². The number of hydrogen-bond acceptors (Lipinski definition) is 1. The Morgan fingerprint density at radius 3 is 2.00 bits per heavy atom. The molecule has 0 amide bonds. The van der Waals surface area contributed by atoms with Crippen LogP contribution in [0.25, 0.3) is 0 Å². The van der Waals surface area contributed by atoms with Crippen molar-refractivity contribution >= 4 is 0 Å². The van der Waals surface area contributed by atoms with Gasteiger partial charge in [-0.1, -0.05) is 6.92 Å². The standard InChI is InChI=1S/C8H15F2N/c1-2-7(11)3-5-8(9,10)6-4-7/h2-6,11H2,1H3. The molecule has 1 fully saturated rings. The van der Waals surface area contributed by atoms with Gasteiger partial charge in [0.15, 0.2) is 0 Å². The van der Waals surface area contributed by atoms with Gasteiger partial charge in [-0.3, -0.25) is 0 Å². The molecule has 0 radical (unpaired) electrons. The minimum Gasteiger partial charge on any atom is -0.325 e. The zero-order valence-electron chi connectivity index (χ0n) is 6.87. The molecule has 11 heavy (non-hydrogen) atoms. The molecule has 3 heteroatoms. The van der Waals surface area contributed by atoms with Gasteiger partial charge in [0.05, 0.1) is 0 Å². The lowest BCUT2D eigenvalue weighted by Crippen LogP contribution is -2.45. The maximum absolute atomic E-state index is 12.6. The summed E-state index contributed by atoms with van der Waals surface area (Å²) in [6.07, 6.45) is 1.69. The SMILES string of the molecule is CCC1(N)CCC(F)(F)CC1. The molecule has 0 spiro atoms. The first-order chi connectivity index (χ1) is 4.97. The largest absolute Gasteiger partial charge is 0.325 e. The zero-order valence-corrected chi connectivity index (χ0v) is 6.87.